The van der Waals surface area contributed by atoms with Crippen molar-refractivity contribution in [3.63, 3.8) is 0 Å². The fraction of sp³-hybridized carbons (Fsp3) is 0.357. The number of nitrogens with one attached hydrogen (secondary N) is 2. The molecule has 0 saturated carbocycles. The lowest BCUT2D eigenvalue weighted by Gasteiger charge is -2.12. The zero-order valence-corrected chi connectivity index (χ0v) is 24.3. The zero-order valence-electron chi connectivity index (χ0n) is 23.5. The van der Waals surface area contributed by atoms with E-state index < -0.39 is 28.3 Å². The van der Waals surface area contributed by atoms with Crippen LogP contribution in [0.2, 0.25) is 0 Å². The fourth-order valence-electron chi connectivity index (χ4n) is 3.72. The number of benzene rings is 1. The Labute approximate surface area is 243 Å². The van der Waals surface area contributed by atoms with Gasteiger partial charge in [0.15, 0.2) is 17.5 Å². The molecule has 0 aliphatic heterocycles. The molecule has 0 saturated heterocycles. The monoisotopic (exact) mass is 603 g/mol. The molecule has 1 aromatic carbocycles. The maximum absolute atomic E-state index is 15.2. The van der Waals surface area contributed by atoms with Crippen molar-refractivity contribution in [1.29, 1.82) is 0 Å². The Morgan fingerprint density at radius 2 is 1.81 bits per heavy atom. The highest BCUT2D eigenvalue weighted by Gasteiger charge is 2.18. The van der Waals surface area contributed by atoms with Crippen LogP contribution in [0.1, 0.15) is 26.7 Å². The van der Waals surface area contributed by atoms with Crippen molar-refractivity contribution in [3.05, 3.63) is 54.5 Å². The highest BCUT2D eigenvalue weighted by atomic mass is 32.2. The number of hydrogen-bond donors (Lipinski definition) is 4. The number of fused-ring (bicyclic) bond motifs is 1. The Hall–Kier alpha value is -4.01. The fourth-order valence-corrected chi connectivity index (χ4v) is 4.80. The second kappa shape index (κ2) is 15.8. The molecule has 0 fully saturated rings. The Morgan fingerprint density at radius 1 is 1.02 bits per heavy atom. The maximum Gasteiger partial charge on any atom is 0.232 e. The number of halogens is 2. The van der Waals surface area contributed by atoms with E-state index in [1.54, 1.807) is 30.5 Å². The van der Waals surface area contributed by atoms with Gasteiger partial charge in [0.1, 0.15) is 11.3 Å². The lowest BCUT2D eigenvalue weighted by molar-refractivity contribution is 0.162. The van der Waals surface area contributed by atoms with E-state index in [0.717, 1.165) is 13.2 Å². The Kier molecular flexibility index (Phi) is 12.3. The quantitative estimate of drug-likeness (QED) is 0.161. The van der Waals surface area contributed by atoms with Crippen molar-refractivity contribution in [3.8, 4) is 22.6 Å². The second-order valence-corrected chi connectivity index (χ2v) is 10.7. The molecule has 226 valence electrons. The highest BCUT2D eigenvalue weighted by molar-refractivity contribution is 7.92. The summed E-state index contributed by atoms with van der Waals surface area (Å²) in [7, 11) is -3.91. The number of aromatic nitrogens is 4. The lowest BCUT2D eigenvalue weighted by Crippen LogP contribution is -2.18. The second-order valence-electron chi connectivity index (χ2n) is 8.84. The third-order valence-electron chi connectivity index (χ3n) is 5.73. The van der Waals surface area contributed by atoms with E-state index >= 15 is 4.39 Å². The summed E-state index contributed by atoms with van der Waals surface area (Å²) in [5.41, 5.74) is 7.47. The molecule has 0 amide bonds. The number of rotatable bonds is 13. The predicted molar refractivity (Wildman–Crippen MR) is 161 cm³/mol. The first kappa shape index (κ1) is 32.5. The standard InChI is InChI=1S/C24H25F2N7O3S.C4H10O/c25-10-2-13-37(35,36)33-18-5-1-4-16(21(18)26)17-7-8-19-22(30-17)23(27)32-24(31-19)15-6-9-20(29-14-15)28-11-3-12-34;1-3-5-4-2/h1,4-9,14,33-34H,2-3,10-13H2,(H,28,29)(H2,27,31,32);3-4H2,1-2H3. The number of nitrogen functional groups attached to an aromatic ring is 1. The highest BCUT2D eigenvalue weighted by Crippen LogP contribution is 2.30. The van der Waals surface area contributed by atoms with Gasteiger partial charge in [-0.15, -0.1) is 0 Å². The minimum atomic E-state index is -3.91. The number of nitrogens with two attached hydrogens (primary N) is 1. The number of alkyl halides is 1. The number of ether oxygens (including phenoxy) is 1. The van der Waals surface area contributed by atoms with Gasteiger partial charge in [-0.2, -0.15) is 0 Å². The van der Waals surface area contributed by atoms with Crippen LogP contribution in [-0.2, 0) is 14.8 Å². The smallest absolute Gasteiger partial charge is 0.232 e. The summed E-state index contributed by atoms with van der Waals surface area (Å²) in [6, 6.07) is 10.9. The van der Waals surface area contributed by atoms with Crippen molar-refractivity contribution in [1.82, 2.24) is 19.9 Å². The minimum absolute atomic E-state index is 0.0459. The van der Waals surface area contributed by atoms with Crippen molar-refractivity contribution in [2.75, 3.05) is 54.6 Å². The third kappa shape index (κ3) is 8.99. The summed E-state index contributed by atoms with van der Waals surface area (Å²) in [6.45, 7) is 5.55. The van der Waals surface area contributed by atoms with E-state index in [-0.39, 0.29) is 41.3 Å². The molecule has 42 heavy (non-hydrogen) atoms. The third-order valence-corrected chi connectivity index (χ3v) is 7.08. The number of pyridine rings is 2. The summed E-state index contributed by atoms with van der Waals surface area (Å²) in [6.07, 6.45) is 2.01. The number of sulfonamides is 1. The summed E-state index contributed by atoms with van der Waals surface area (Å²) >= 11 is 0. The van der Waals surface area contributed by atoms with Crippen molar-refractivity contribution in [2.45, 2.75) is 26.7 Å². The Morgan fingerprint density at radius 3 is 2.45 bits per heavy atom. The van der Waals surface area contributed by atoms with Gasteiger partial charge >= 0.3 is 0 Å². The van der Waals surface area contributed by atoms with E-state index in [0.29, 0.717) is 35.7 Å². The molecule has 4 aromatic rings. The Balaban J connectivity index is 0.000000892. The van der Waals surface area contributed by atoms with Gasteiger partial charge in [0.2, 0.25) is 10.0 Å². The topological polar surface area (TPSA) is 165 Å². The average Bonchev–Trinajstić information content (AvgIpc) is 2.98. The van der Waals surface area contributed by atoms with E-state index in [1.165, 1.54) is 18.2 Å². The average molecular weight is 604 g/mol. The number of nitrogens with zero attached hydrogens (tertiary/aromatic N) is 4. The predicted octanol–water partition coefficient (Wildman–Crippen LogP) is 4.41. The summed E-state index contributed by atoms with van der Waals surface area (Å²) in [5.74, 6) is -0.227. The van der Waals surface area contributed by atoms with Gasteiger partial charge in [0.05, 0.1) is 29.3 Å². The van der Waals surface area contributed by atoms with Crippen LogP contribution in [-0.4, -0.2) is 72.3 Å². The van der Waals surface area contributed by atoms with E-state index in [4.69, 9.17) is 15.6 Å². The van der Waals surface area contributed by atoms with Crippen LogP contribution >= 0.6 is 0 Å². The molecule has 3 aromatic heterocycles. The number of aliphatic hydroxyl groups is 1. The summed E-state index contributed by atoms with van der Waals surface area (Å²) in [5, 5.41) is 12.0. The van der Waals surface area contributed by atoms with Gasteiger partial charge in [-0.25, -0.2) is 32.7 Å². The molecule has 14 heteroatoms. The van der Waals surface area contributed by atoms with Crippen LogP contribution in [0.25, 0.3) is 33.7 Å². The number of anilines is 3. The van der Waals surface area contributed by atoms with E-state index in [9.17, 15) is 12.8 Å². The first-order valence-corrected chi connectivity index (χ1v) is 15.1. The SMILES string of the molecule is CCOCC.Nc1nc(-c2ccc(NCCCO)nc2)nc2ccc(-c3cccc(NS(=O)(=O)CCCF)c3F)nc12. The molecule has 0 radical (unpaired) electrons. The van der Waals surface area contributed by atoms with Gasteiger partial charge in [-0.1, -0.05) is 6.07 Å². The minimum Gasteiger partial charge on any atom is -0.396 e. The van der Waals surface area contributed by atoms with Crippen molar-refractivity contribution < 1.29 is 27.0 Å². The molecule has 0 spiro atoms. The first-order valence-electron chi connectivity index (χ1n) is 13.4. The molecule has 0 aliphatic rings. The molecule has 3 heterocycles. The van der Waals surface area contributed by atoms with Crippen LogP contribution in [0.15, 0.2) is 48.7 Å². The van der Waals surface area contributed by atoms with Crippen LogP contribution in [0.4, 0.5) is 26.1 Å². The Bertz CT molecular complexity index is 1560. The molecule has 5 N–H and O–H groups in total. The molecule has 11 nitrogen and oxygen atoms in total. The van der Waals surface area contributed by atoms with Crippen molar-refractivity contribution >= 4 is 38.4 Å². The number of aliphatic hydroxyl groups excluding tert-OH is 1. The van der Waals surface area contributed by atoms with Crippen LogP contribution in [0.3, 0.4) is 0 Å². The molecule has 0 aliphatic carbocycles. The molecule has 0 atom stereocenters. The van der Waals surface area contributed by atoms with Gasteiger partial charge < -0.3 is 20.9 Å². The largest absolute Gasteiger partial charge is 0.396 e. The summed E-state index contributed by atoms with van der Waals surface area (Å²) < 4.78 is 58.7. The zero-order chi connectivity index (χ0) is 30.5. The van der Waals surface area contributed by atoms with Crippen LogP contribution in [0.5, 0.6) is 0 Å². The molecule has 0 unspecified atom stereocenters. The first-order chi connectivity index (χ1) is 20.2. The lowest BCUT2D eigenvalue weighted by atomic mass is 10.1. The molecular formula is C28H35F2N7O4S. The normalized spacial score (nSPS) is 11.2. The van der Waals surface area contributed by atoms with E-state index in [1.807, 2.05) is 13.8 Å². The molecule has 4 rings (SSSR count). The van der Waals surface area contributed by atoms with Crippen LogP contribution in [0, 0.1) is 5.82 Å². The molecule has 0 bridgehead atoms. The number of hydrogen-bond acceptors (Lipinski definition) is 10. The van der Waals surface area contributed by atoms with Gasteiger partial charge in [0, 0.05) is 43.7 Å². The maximum atomic E-state index is 15.2. The van der Waals surface area contributed by atoms with Gasteiger partial charge in [-0.3, -0.25) is 9.11 Å². The van der Waals surface area contributed by atoms with Crippen LogP contribution < -0.4 is 15.8 Å². The van der Waals surface area contributed by atoms with Gasteiger partial charge in [-0.05, 0) is 63.1 Å². The van der Waals surface area contributed by atoms with E-state index in [2.05, 4.69) is 30.0 Å². The van der Waals surface area contributed by atoms with Crippen molar-refractivity contribution in [2.24, 2.45) is 0 Å². The summed E-state index contributed by atoms with van der Waals surface area (Å²) in [4.78, 5) is 17.6. The molecular weight excluding hydrogens is 568 g/mol. The van der Waals surface area contributed by atoms with Gasteiger partial charge in [0.25, 0.3) is 0 Å².